The predicted octanol–water partition coefficient (Wildman–Crippen LogP) is 4.99. The number of likely N-dealkylation sites (tertiary alicyclic amines) is 1. The van der Waals surface area contributed by atoms with Gasteiger partial charge >= 0.3 is 0 Å². The highest BCUT2D eigenvalue weighted by Gasteiger charge is 2.27. The van der Waals surface area contributed by atoms with E-state index in [1.165, 1.54) is 30.6 Å². The Morgan fingerprint density at radius 2 is 1.77 bits per heavy atom. The molecule has 0 aromatic heterocycles. The van der Waals surface area contributed by atoms with E-state index in [9.17, 15) is 4.79 Å². The van der Waals surface area contributed by atoms with Gasteiger partial charge in [-0.1, -0.05) is 49.4 Å². The van der Waals surface area contributed by atoms with E-state index < -0.39 is 0 Å². The Kier molecular flexibility index (Phi) is 7.42. The number of piperidine rings is 1. The fourth-order valence-electron chi connectivity index (χ4n) is 4.84. The molecule has 0 bridgehead atoms. The summed E-state index contributed by atoms with van der Waals surface area (Å²) in [6.07, 6.45) is 8.19. The van der Waals surface area contributed by atoms with Crippen molar-refractivity contribution in [3.8, 4) is 0 Å². The second kappa shape index (κ2) is 10.6. The van der Waals surface area contributed by atoms with Crippen molar-refractivity contribution in [1.29, 1.82) is 0 Å². The number of carbonyl (C=O) groups excluding carboxylic acids is 1. The van der Waals surface area contributed by atoms with Crippen LogP contribution in [0, 0.1) is 0 Å². The van der Waals surface area contributed by atoms with Gasteiger partial charge in [-0.05, 0) is 61.6 Å². The molecule has 31 heavy (non-hydrogen) atoms. The fourth-order valence-corrected chi connectivity index (χ4v) is 4.84. The van der Waals surface area contributed by atoms with Crippen LogP contribution in [0.1, 0.15) is 49.8 Å². The second-order valence-electron chi connectivity index (χ2n) is 8.71. The number of nitrogens with zero attached hydrogens (tertiary/aromatic N) is 3. The minimum absolute atomic E-state index is 0.118. The first-order valence-corrected chi connectivity index (χ1v) is 11.9. The van der Waals surface area contributed by atoms with Crippen molar-refractivity contribution in [1.82, 2.24) is 9.80 Å². The predicted molar refractivity (Wildman–Crippen MR) is 129 cm³/mol. The lowest BCUT2D eigenvalue weighted by atomic mass is 9.94. The van der Waals surface area contributed by atoms with Gasteiger partial charge in [0, 0.05) is 44.5 Å². The first-order valence-electron chi connectivity index (χ1n) is 11.9. The molecular weight excluding hydrogens is 382 g/mol. The van der Waals surface area contributed by atoms with Crippen LogP contribution in [-0.2, 0) is 4.79 Å². The Morgan fingerprint density at radius 3 is 2.55 bits per heavy atom. The standard InChI is InChI=1S/C27H35N3O/c1-2-16-28-18-20-29(21-19-28)25-12-8-11-24(22-25)26-13-6-7-17-30(26)27(31)15-14-23-9-4-3-5-10-23/h3-5,8-12,14-15,22,26H,2,6-7,13,16-21H2,1H3/b15-14+. The van der Waals surface area contributed by atoms with E-state index in [4.69, 9.17) is 0 Å². The Hall–Kier alpha value is -2.59. The van der Waals surface area contributed by atoms with Crippen LogP contribution < -0.4 is 4.90 Å². The maximum atomic E-state index is 13.1. The van der Waals surface area contributed by atoms with E-state index in [2.05, 4.69) is 45.9 Å². The molecule has 0 spiro atoms. The lowest BCUT2D eigenvalue weighted by Gasteiger charge is -2.38. The zero-order chi connectivity index (χ0) is 21.5. The molecule has 164 valence electrons. The zero-order valence-corrected chi connectivity index (χ0v) is 18.7. The second-order valence-corrected chi connectivity index (χ2v) is 8.71. The summed E-state index contributed by atoms with van der Waals surface area (Å²) in [4.78, 5) is 20.2. The van der Waals surface area contributed by atoms with Gasteiger partial charge in [0.15, 0.2) is 0 Å². The Labute approximate surface area is 187 Å². The SMILES string of the molecule is CCCN1CCN(c2cccc(C3CCCCN3C(=O)/C=C/c3ccccc3)c2)CC1. The summed E-state index contributed by atoms with van der Waals surface area (Å²) in [7, 11) is 0. The van der Waals surface area contributed by atoms with Crippen LogP contribution in [0.5, 0.6) is 0 Å². The van der Waals surface area contributed by atoms with Crippen LogP contribution in [-0.4, -0.2) is 55.0 Å². The van der Waals surface area contributed by atoms with E-state index in [0.717, 1.165) is 51.1 Å². The molecule has 1 unspecified atom stereocenters. The molecule has 0 radical (unpaired) electrons. The van der Waals surface area contributed by atoms with Crippen LogP contribution in [0.3, 0.4) is 0 Å². The molecule has 0 aliphatic carbocycles. The molecule has 4 rings (SSSR count). The molecule has 4 nitrogen and oxygen atoms in total. The van der Waals surface area contributed by atoms with Crippen molar-refractivity contribution in [2.24, 2.45) is 0 Å². The van der Waals surface area contributed by atoms with Crippen molar-refractivity contribution in [3.63, 3.8) is 0 Å². The van der Waals surface area contributed by atoms with Crippen molar-refractivity contribution in [3.05, 3.63) is 71.8 Å². The molecule has 2 aliphatic heterocycles. The third-order valence-corrected chi connectivity index (χ3v) is 6.54. The van der Waals surface area contributed by atoms with Crippen molar-refractivity contribution < 1.29 is 4.79 Å². The molecular formula is C27H35N3O. The lowest BCUT2D eigenvalue weighted by Crippen LogP contribution is -2.46. The van der Waals surface area contributed by atoms with Gasteiger partial charge in [0.1, 0.15) is 0 Å². The minimum atomic E-state index is 0.118. The molecule has 0 N–H and O–H groups in total. The molecule has 2 fully saturated rings. The normalized spacial score (nSPS) is 20.4. The molecule has 4 heteroatoms. The number of amides is 1. The molecule has 2 heterocycles. The summed E-state index contributed by atoms with van der Waals surface area (Å²) < 4.78 is 0. The first kappa shape index (κ1) is 21.6. The van der Waals surface area contributed by atoms with E-state index >= 15 is 0 Å². The molecule has 2 aromatic carbocycles. The molecule has 1 amide bonds. The summed E-state index contributed by atoms with van der Waals surface area (Å²) in [6, 6.07) is 19.1. The van der Waals surface area contributed by atoms with Crippen molar-refractivity contribution >= 4 is 17.7 Å². The molecule has 2 aromatic rings. The smallest absolute Gasteiger partial charge is 0.247 e. The lowest BCUT2D eigenvalue weighted by molar-refractivity contribution is -0.129. The van der Waals surface area contributed by atoms with Crippen LogP contribution in [0.25, 0.3) is 6.08 Å². The highest BCUT2D eigenvalue weighted by molar-refractivity contribution is 5.92. The highest BCUT2D eigenvalue weighted by Crippen LogP contribution is 2.33. The highest BCUT2D eigenvalue weighted by atomic mass is 16.2. The van der Waals surface area contributed by atoms with E-state index in [0.29, 0.717) is 0 Å². The molecule has 2 aliphatic rings. The summed E-state index contributed by atoms with van der Waals surface area (Å²) in [5.41, 5.74) is 3.63. The summed E-state index contributed by atoms with van der Waals surface area (Å²) in [5.74, 6) is 0.118. The third-order valence-electron chi connectivity index (χ3n) is 6.54. The Balaban J connectivity index is 1.46. The maximum absolute atomic E-state index is 13.1. The van der Waals surface area contributed by atoms with Gasteiger partial charge < -0.3 is 9.80 Å². The number of hydrogen-bond donors (Lipinski definition) is 0. The fraction of sp³-hybridized carbons (Fsp3) is 0.444. The van der Waals surface area contributed by atoms with E-state index in [-0.39, 0.29) is 11.9 Å². The topological polar surface area (TPSA) is 26.8 Å². The molecule has 1 atom stereocenters. The van der Waals surface area contributed by atoms with Crippen LogP contribution in [0.4, 0.5) is 5.69 Å². The zero-order valence-electron chi connectivity index (χ0n) is 18.7. The van der Waals surface area contributed by atoms with Gasteiger partial charge in [-0.3, -0.25) is 9.69 Å². The first-order chi connectivity index (χ1) is 15.2. The van der Waals surface area contributed by atoms with E-state index in [1.807, 2.05) is 36.4 Å². The van der Waals surface area contributed by atoms with Gasteiger partial charge in [-0.25, -0.2) is 0 Å². The minimum Gasteiger partial charge on any atom is -0.369 e. The van der Waals surface area contributed by atoms with Crippen LogP contribution in [0.2, 0.25) is 0 Å². The summed E-state index contributed by atoms with van der Waals surface area (Å²) in [5, 5.41) is 0. The van der Waals surface area contributed by atoms with Gasteiger partial charge in [0.05, 0.1) is 6.04 Å². The van der Waals surface area contributed by atoms with Gasteiger partial charge in [-0.2, -0.15) is 0 Å². The number of benzene rings is 2. The van der Waals surface area contributed by atoms with Gasteiger partial charge in [0.25, 0.3) is 0 Å². The number of piperazine rings is 1. The summed E-state index contributed by atoms with van der Waals surface area (Å²) in [6.45, 7) is 8.72. The Morgan fingerprint density at radius 1 is 0.968 bits per heavy atom. The van der Waals surface area contributed by atoms with Gasteiger partial charge in [-0.15, -0.1) is 0 Å². The number of hydrogen-bond acceptors (Lipinski definition) is 3. The van der Waals surface area contributed by atoms with Crippen LogP contribution >= 0.6 is 0 Å². The van der Waals surface area contributed by atoms with Gasteiger partial charge in [0.2, 0.25) is 5.91 Å². The molecule has 2 saturated heterocycles. The van der Waals surface area contributed by atoms with E-state index in [1.54, 1.807) is 6.08 Å². The number of carbonyl (C=O) groups is 1. The third kappa shape index (κ3) is 5.56. The summed E-state index contributed by atoms with van der Waals surface area (Å²) >= 11 is 0. The Bertz CT molecular complexity index is 871. The average Bonchev–Trinajstić information content (AvgIpc) is 2.84. The average molecular weight is 418 g/mol. The van der Waals surface area contributed by atoms with Crippen molar-refractivity contribution in [2.45, 2.75) is 38.6 Å². The molecule has 0 saturated carbocycles. The largest absolute Gasteiger partial charge is 0.369 e. The van der Waals surface area contributed by atoms with Crippen molar-refractivity contribution in [2.75, 3.05) is 44.2 Å². The number of rotatable bonds is 6. The quantitative estimate of drug-likeness (QED) is 0.620. The monoisotopic (exact) mass is 417 g/mol. The maximum Gasteiger partial charge on any atom is 0.247 e. The number of anilines is 1. The van der Waals surface area contributed by atoms with Crippen LogP contribution in [0.15, 0.2) is 60.7 Å².